The first kappa shape index (κ1) is 13.1. The van der Waals surface area contributed by atoms with E-state index in [0.29, 0.717) is 6.04 Å². The smallest absolute Gasteiger partial charge is 0.00794 e. The predicted molar refractivity (Wildman–Crippen MR) is 80.6 cm³/mol. The number of nitrogens with zero attached hydrogens (tertiary/aromatic N) is 1. The van der Waals surface area contributed by atoms with Crippen LogP contribution >= 0.6 is 0 Å². The van der Waals surface area contributed by atoms with E-state index in [2.05, 4.69) is 48.5 Å². The van der Waals surface area contributed by atoms with Crippen molar-refractivity contribution >= 4 is 0 Å². The first-order valence-corrected chi connectivity index (χ1v) is 7.74. The highest BCUT2D eigenvalue weighted by Crippen LogP contribution is 2.34. The minimum absolute atomic E-state index is 0.649. The van der Waals surface area contributed by atoms with Gasteiger partial charge in [-0.2, -0.15) is 0 Å². The van der Waals surface area contributed by atoms with Gasteiger partial charge in [0, 0.05) is 25.0 Å². The lowest BCUT2D eigenvalue weighted by Gasteiger charge is -2.36. The first-order valence-electron chi connectivity index (χ1n) is 7.74. The van der Waals surface area contributed by atoms with Crippen LogP contribution in [0.15, 0.2) is 24.3 Å². The van der Waals surface area contributed by atoms with Gasteiger partial charge < -0.3 is 10.2 Å². The number of hydrogen-bond acceptors (Lipinski definition) is 2. The topological polar surface area (TPSA) is 15.3 Å². The monoisotopic (exact) mass is 258 g/mol. The molecule has 1 heterocycles. The molecule has 1 aromatic carbocycles. The van der Waals surface area contributed by atoms with Gasteiger partial charge >= 0.3 is 0 Å². The van der Waals surface area contributed by atoms with Gasteiger partial charge in [0.2, 0.25) is 0 Å². The van der Waals surface area contributed by atoms with E-state index in [0.717, 1.165) is 18.4 Å². The van der Waals surface area contributed by atoms with E-state index in [9.17, 15) is 0 Å². The quantitative estimate of drug-likeness (QED) is 0.893. The number of likely N-dealkylation sites (tertiary alicyclic amines) is 1. The van der Waals surface area contributed by atoms with E-state index in [-0.39, 0.29) is 0 Å². The van der Waals surface area contributed by atoms with Crippen molar-refractivity contribution in [2.75, 3.05) is 26.7 Å². The molecule has 0 aromatic heterocycles. The molecule has 1 saturated heterocycles. The maximum atomic E-state index is 3.79. The lowest BCUT2D eigenvalue weighted by atomic mass is 9.77. The Labute approximate surface area is 117 Å². The lowest BCUT2D eigenvalue weighted by Crippen LogP contribution is -2.44. The zero-order valence-electron chi connectivity index (χ0n) is 12.2. The molecule has 1 aromatic rings. The summed E-state index contributed by atoms with van der Waals surface area (Å²) >= 11 is 0. The number of fused-ring (bicyclic) bond motifs is 1. The van der Waals surface area contributed by atoms with Crippen molar-refractivity contribution < 1.29 is 0 Å². The van der Waals surface area contributed by atoms with Crippen molar-refractivity contribution in [2.45, 2.75) is 38.1 Å². The van der Waals surface area contributed by atoms with Crippen LogP contribution in [0.3, 0.4) is 0 Å². The van der Waals surface area contributed by atoms with Crippen molar-refractivity contribution in [1.29, 1.82) is 0 Å². The summed E-state index contributed by atoms with van der Waals surface area (Å²) in [6, 6.07) is 9.54. The summed E-state index contributed by atoms with van der Waals surface area (Å²) in [7, 11) is 2.25. The van der Waals surface area contributed by atoms with Crippen LogP contribution in [-0.2, 0) is 6.42 Å². The second-order valence-corrected chi connectivity index (χ2v) is 6.46. The van der Waals surface area contributed by atoms with Crippen LogP contribution in [0.25, 0.3) is 0 Å². The Hall–Kier alpha value is -0.860. The number of piperidine rings is 1. The number of hydrogen-bond donors (Lipinski definition) is 1. The lowest BCUT2D eigenvalue weighted by molar-refractivity contribution is 0.177. The van der Waals surface area contributed by atoms with Crippen LogP contribution in [0.4, 0.5) is 0 Å². The molecule has 1 aliphatic carbocycles. The molecule has 0 saturated carbocycles. The Kier molecular flexibility index (Phi) is 3.90. The van der Waals surface area contributed by atoms with Crippen LogP contribution in [0.1, 0.15) is 36.8 Å². The number of rotatable bonds is 4. The average Bonchev–Trinajstić information content (AvgIpc) is 2.39. The van der Waals surface area contributed by atoms with Gasteiger partial charge in [0.25, 0.3) is 0 Å². The van der Waals surface area contributed by atoms with E-state index in [1.54, 1.807) is 11.1 Å². The minimum atomic E-state index is 0.649. The largest absolute Gasteiger partial charge is 0.313 e. The molecule has 3 atom stereocenters. The molecule has 1 fully saturated rings. The highest BCUT2D eigenvalue weighted by Gasteiger charge is 2.27. The Bertz CT molecular complexity index is 429. The van der Waals surface area contributed by atoms with Gasteiger partial charge in [0.05, 0.1) is 0 Å². The molecule has 2 heteroatoms. The SMILES string of the molecule is CC(NCC1Cc2ccccc21)C1CCCN(C)C1. The zero-order chi connectivity index (χ0) is 13.2. The van der Waals surface area contributed by atoms with Crippen molar-refractivity contribution in [3.05, 3.63) is 35.4 Å². The minimum Gasteiger partial charge on any atom is -0.313 e. The Balaban J connectivity index is 1.48. The second kappa shape index (κ2) is 5.64. The summed E-state index contributed by atoms with van der Waals surface area (Å²) in [5, 5.41) is 3.79. The zero-order valence-corrected chi connectivity index (χ0v) is 12.2. The molecular weight excluding hydrogens is 232 g/mol. The molecule has 2 nitrogen and oxygen atoms in total. The molecular formula is C17H26N2. The van der Waals surface area contributed by atoms with Gasteiger partial charge in [-0.25, -0.2) is 0 Å². The van der Waals surface area contributed by atoms with Crippen molar-refractivity contribution in [3.63, 3.8) is 0 Å². The van der Waals surface area contributed by atoms with E-state index in [1.165, 1.54) is 32.4 Å². The van der Waals surface area contributed by atoms with Gasteiger partial charge in [-0.05, 0) is 56.8 Å². The number of benzene rings is 1. The van der Waals surface area contributed by atoms with Crippen molar-refractivity contribution in [2.24, 2.45) is 5.92 Å². The fourth-order valence-corrected chi connectivity index (χ4v) is 3.65. The Morgan fingerprint density at radius 1 is 1.37 bits per heavy atom. The van der Waals surface area contributed by atoms with E-state index >= 15 is 0 Å². The molecule has 1 aliphatic heterocycles. The highest BCUT2D eigenvalue weighted by atomic mass is 15.1. The molecule has 0 radical (unpaired) electrons. The third-order valence-electron chi connectivity index (χ3n) is 5.02. The maximum absolute atomic E-state index is 3.79. The van der Waals surface area contributed by atoms with Gasteiger partial charge in [0.1, 0.15) is 0 Å². The summed E-state index contributed by atoms with van der Waals surface area (Å²) in [5.41, 5.74) is 3.13. The molecule has 0 bridgehead atoms. The molecule has 0 amide bonds. The fourth-order valence-electron chi connectivity index (χ4n) is 3.65. The van der Waals surface area contributed by atoms with Crippen LogP contribution in [0.5, 0.6) is 0 Å². The summed E-state index contributed by atoms with van der Waals surface area (Å²) in [6.07, 6.45) is 4.01. The highest BCUT2D eigenvalue weighted by molar-refractivity contribution is 5.40. The van der Waals surface area contributed by atoms with E-state index < -0.39 is 0 Å². The summed E-state index contributed by atoms with van der Waals surface area (Å²) in [4.78, 5) is 2.48. The van der Waals surface area contributed by atoms with Crippen LogP contribution in [0.2, 0.25) is 0 Å². The molecule has 19 heavy (non-hydrogen) atoms. The van der Waals surface area contributed by atoms with E-state index in [4.69, 9.17) is 0 Å². The van der Waals surface area contributed by atoms with Crippen LogP contribution < -0.4 is 5.32 Å². The third-order valence-corrected chi connectivity index (χ3v) is 5.02. The Morgan fingerprint density at radius 2 is 2.21 bits per heavy atom. The second-order valence-electron chi connectivity index (χ2n) is 6.46. The molecule has 104 valence electrons. The number of nitrogens with one attached hydrogen (secondary N) is 1. The van der Waals surface area contributed by atoms with Crippen LogP contribution in [-0.4, -0.2) is 37.6 Å². The van der Waals surface area contributed by atoms with Gasteiger partial charge in [-0.1, -0.05) is 24.3 Å². The third kappa shape index (κ3) is 2.85. The predicted octanol–water partition coefficient (Wildman–Crippen LogP) is 2.65. The molecule has 1 N–H and O–H groups in total. The summed E-state index contributed by atoms with van der Waals surface area (Å²) < 4.78 is 0. The normalized spacial score (nSPS) is 28.5. The molecule has 3 rings (SSSR count). The van der Waals surface area contributed by atoms with E-state index in [1.807, 2.05) is 0 Å². The molecule has 3 unspecified atom stereocenters. The summed E-state index contributed by atoms with van der Waals surface area (Å²) in [5.74, 6) is 1.58. The maximum Gasteiger partial charge on any atom is 0.00794 e. The summed E-state index contributed by atoms with van der Waals surface area (Å²) in [6.45, 7) is 6.06. The van der Waals surface area contributed by atoms with Crippen molar-refractivity contribution in [3.8, 4) is 0 Å². The Morgan fingerprint density at radius 3 is 3.00 bits per heavy atom. The van der Waals surface area contributed by atoms with Crippen LogP contribution in [0, 0.1) is 5.92 Å². The van der Waals surface area contributed by atoms with Crippen molar-refractivity contribution in [1.82, 2.24) is 10.2 Å². The standard InChI is InChI=1S/C17H26N2/c1-13(15-7-5-9-19(2)12-15)18-11-16-10-14-6-3-4-8-17(14)16/h3-4,6,8,13,15-16,18H,5,7,9-12H2,1-2H3. The average molecular weight is 258 g/mol. The van der Waals surface area contributed by atoms with Gasteiger partial charge in [-0.3, -0.25) is 0 Å². The molecule has 0 spiro atoms. The molecule has 2 aliphatic rings. The first-order chi connectivity index (χ1) is 9.24. The van der Waals surface area contributed by atoms with Gasteiger partial charge in [-0.15, -0.1) is 0 Å². The van der Waals surface area contributed by atoms with Gasteiger partial charge in [0.15, 0.2) is 0 Å². The fraction of sp³-hybridized carbons (Fsp3) is 0.647.